The zero-order valence-electron chi connectivity index (χ0n) is 10.6. The average molecular weight is 307 g/mol. The van der Waals surface area contributed by atoms with Crippen molar-refractivity contribution in [3.05, 3.63) is 34.9 Å². The molecule has 0 radical (unpaired) electrons. The number of carbonyl (C=O) groups excluding carboxylic acids is 1. The molecule has 1 fully saturated rings. The van der Waals surface area contributed by atoms with Crippen LogP contribution in [0.2, 0.25) is 5.02 Å². The van der Waals surface area contributed by atoms with Gasteiger partial charge in [-0.1, -0.05) is 23.7 Å². The zero-order valence-corrected chi connectivity index (χ0v) is 11.3. The lowest BCUT2D eigenvalue weighted by Gasteiger charge is -2.25. The number of hydrogen-bond donors (Lipinski definition) is 1. The molecule has 0 aliphatic carbocycles. The molecule has 1 unspecified atom stereocenters. The Kier molecular flexibility index (Phi) is 4.55. The number of nitrogens with zero attached hydrogens (tertiary/aromatic N) is 1. The first kappa shape index (κ1) is 15.1. The molecule has 3 nitrogen and oxygen atoms in total. The molecule has 1 heterocycles. The summed E-state index contributed by atoms with van der Waals surface area (Å²) >= 11 is 5.79. The van der Waals surface area contributed by atoms with E-state index in [2.05, 4.69) is 5.32 Å². The maximum Gasteiger partial charge on any atom is 0.389 e. The van der Waals surface area contributed by atoms with E-state index in [0.29, 0.717) is 5.02 Å². The lowest BCUT2D eigenvalue weighted by Crippen LogP contribution is -2.31. The second-order valence-corrected chi connectivity index (χ2v) is 5.08. The van der Waals surface area contributed by atoms with E-state index in [-0.39, 0.29) is 31.6 Å². The molecule has 0 aromatic heterocycles. The van der Waals surface area contributed by atoms with Gasteiger partial charge < -0.3 is 4.90 Å². The SMILES string of the molecule is O=C1CNC(c2ccc(Cl)cc2)N1CCCC(F)(F)F. The molecule has 1 aliphatic rings. The molecule has 1 saturated heterocycles. The van der Waals surface area contributed by atoms with Crippen molar-refractivity contribution in [1.82, 2.24) is 10.2 Å². The summed E-state index contributed by atoms with van der Waals surface area (Å²) in [7, 11) is 0. The number of carbonyl (C=O) groups is 1. The van der Waals surface area contributed by atoms with Crippen LogP contribution in [0, 0.1) is 0 Å². The minimum Gasteiger partial charge on any atom is -0.322 e. The fraction of sp³-hybridized carbons (Fsp3) is 0.462. The van der Waals surface area contributed by atoms with Crippen molar-refractivity contribution in [3.63, 3.8) is 0 Å². The van der Waals surface area contributed by atoms with Gasteiger partial charge in [-0.05, 0) is 24.1 Å². The fourth-order valence-corrected chi connectivity index (χ4v) is 2.31. The molecular weight excluding hydrogens is 293 g/mol. The lowest BCUT2D eigenvalue weighted by molar-refractivity contribution is -0.139. The highest BCUT2D eigenvalue weighted by Crippen LogP contribution is 2.26. The highest BCUT2D eigenvalue weighted by atomic mass is 35.5. The Morgan fingerprint density at radius 1 is 1.30 bits per heavy atom. The normalized spacial score (nSPS) is 19.7. The van der Waals surface area contributed by atoms with E-state index in [4.69, 9.17) is 11.6 Å². The van der Waals surface area contributed by atoms with Crippen molar-refractivity contribution in [1.29, 1.82) is 0 Å². The molecule has 7 heteroatoms. The topological polar surface area (TPSA) is 32.3 Å². The number of nitrogens with one attached hydrogen (secondary N) is 1. The molecule has 0 bridgehead atoms. The van der Waals surface area contributed by atoms with Gasteiger partial charge in [-0.3, -0.25) is 10.1 Å². The molecule has 1 aromatic rings. The molecule has 110 valence electrons. The predicted octanol–water partition coefficient (Wildman–Crippen LogP) is 3.11. The van der Waals surface area contributed by atoms with Crippen LogP contribution < -0.4 is 5.32 Å². The standard InChI is InChI=1S/C13H14ClF3N2O/c14-10-4-2-9(3-5-10)12-18-8-11(20)19(12)7-1-6-13(15,16)17/h2-5,12,18H,1,6-8H2. The van der Waals surface area contributed by atoms with E-state index < -0.39 is 12.6 Å². The molecule has 20 heavy (non-hydrogen) atoms. The minimum atomic E-state index is -4.19. The summed E-state index contributed by atoms with van der Waals surface area (Å²) in [6.07, 6.45) is -5.55. The highest BCUT2D eigenvalue weighted by Gasteiger charge is 2.33. The summed E-state index contributed by atoms with van der Waals surface area (Å²) in [5.41, 5.74) is 0.812. The second kappa shape index (κ2) is 6.01. The van der Waals surface area contributed by atoms with E-state index in [1.807, 2.05) is 0 Å². The van der Waals surface area contributed by atoms with E-state index in [9.17, 15) is 18.0 Å². The van der Waals surface area contributed by atoms with Crippen LogP contribution in [0.25, 0.3) is 0 Å². The van der Waals surface area contributed by atoms with E-state index >= 15 is 0 Å². The Bertz CT molecular complexity index is 475. The second-order valence-electron chi connectivity index (χ2n) is 4.64. The first-order valence-electron chi connectivity index (χ1n) is 6.22. The molecule has 0 spiro atoms. The van der Waals surface area contributed by atoms with E-state index in [1.54, 1.807) is 24.3 Å². The van der Waals surface area contributed by atoms with Gasteiger partial charge in [-0.2, -0.15) is 13.2 Å². The monoisotopic (exact) mass is 306 g/mol. The third kappa shape index (κ3) is 3.86. The summed E-state index contributed by atoms with van der Waals surface area (Å²) in [6.45, 7) is 0.220. The van der Waals surface area contributed by atoms with Crippen molar-refractivity contribution in [2.75, 3.05) is 13.1 Å². The summed E-state index contributed by atoms with van der Waals surface area (Å²) < 4.78 is 36.5. The van der Waals surface area contributed by atoms with Crippen LogP contribution in [0.15, 0.2) is 24.3 Å². The maximum atomic E-state index is 12.2. The summed E-state index contributed by atoms with van der Waals surface area (Å²) in [5, 5.41) is 3.56. The maximum absolute atomic E-state index is 12.2. The van der Waals surface area contributed by atoms with Crippen LogP contribution in [0.5, 0.6) is 0 Å². The molecule has 1 atom stereocenters. The van der Waals surface area contributed by atoms with Gasteiger partial charge in [-0.15, -0.1) is 0 Å². The third-order valence-electron chi connectivity index (χ3n) is 3.12. The van der Waals surface area contributed by atoms with E-state index in [0.717, 1.165) is 5.56 Å². The van der Waals surface area contributed by atoms with Gasteiger partial charge in [0.05, 0.1) is 6.54 Å². The van der Waals surface area contributed by atoms with Gasteiger partial charge in [0.15, 0.2) is 0 Å². The van der Waals surface area contributed by atoms with Crippen molar-refractivity contribution in [3.8, 4) is 0 Å². The third-order valence-corrected chi connectivity index (χ3v) is 3.38. The number of rotatable bonds is 4. The first-order valence-corrected chi connectivity index (χ1v) is 6.60. The Hall–Kier alpha value is -1.27. The molecule has 2 rings (SSSR count). The number of hydrogen-bond acceptors (Lipinski definition) is 2. The molecule has 0 saturated carbocycles. The molecular formula is C13H14ClF3N2O. The molecule has 1 aliphatic heterocycles. The number of halogens is 4. The number of amides is 1. The van der Waals surface area contributed by atoms with Gasteiger partial charge >= 0.3 is 6.18 Å². The summed E-state index contributed by atoms with van der Waals surface area (Å²) in [4.78, 5) is 13.2. The van der Waals surface area contributed by atoms with Gasteiger partial charge in [0.25, 0.3) is 0 Å². The molecule has 1 amide bonds. The Morgan fingerprint density at radius 3 is 2.55 bits per heavy atom. The lowest BCUT2D eigenvalue weighted by atomic mass is 10.1. The van der Waals surface area contributed by atoms with Crippen LogP contribution in [-0.4, -0.2) is 30.1 Å². The Labute approximate surface area is 119 Å². The van der Waals surface area contributed by atoms with Crippen molar-refractivity contribution in [2.24, 2.45) is 0 Å². The summed E-state index contributed by atoms with van der Waals surface area (Å²) in [6, 6.07) is 6.90. The minimum absolute atomic E-state index is 0.0820. The van der Waals surface area contributed by atoms with Gasteiger partial charge in [0, 0.05) is 18.0 Å². The Balaban J connectivity index is 2.01. The average Bonchev–Trinajstić information content (AvgIpc) is 2.71. The first-order chi connectivity index (χ1) is 9.37. The van der Waals surface area contributed by atoms with Gasteiger partial charge in [0.1, 0.15) is 6.17 Å². The Morgan fingerprint density at radius 2 is 1.95 bits per heavy atom. The largest absolute Gasteiger partial charge is 0.389 e. The smallest absolute Gasteiger partial charge is 0.322 e. The highest BCUT2D eigenvalue weighted by molar-refractivity contribution is 6.30. The van der Waals surface area contributed by atoms with Crippen LogP contribution in [0.4, 0.5) is 13.2 Å². The molecule has 1 aromatic carbocycles. The fourth-order valence-electron chi connectivity index (χ4n) is 2.19. The quantitative estimate of drug-likeness (QED) is 0.927. The number of alkyl halides is 3. The van der Waals surface area contributed by atoms with Crippen LogP contribution in [-0.2, 0) is 4.79 Å². The van der Waals surface area contributed by atoms with Gasteiger partial charge in [0.2, 0.25) is 5.91 Å². The van der Waals surface area contributed by atoms with Crippen LogP contribution in [0.1, 0.15) is 24.6 Å². The van der Waals surface area contributed by atoms with Crippen LogP contribution in [0.3, 0.4) is 0 Å². The van der Waals surface area contributed by atoms with E-state index in [1.165, 1.54) is 4.90 Å². The number of benzene rings is 1. The molecule has 1 N–H and O–H groups in total. The van der Waals surface area contributed by atoms with Gasteiger partial charge in [-0.25, -0.2) is 0 Å². The summed E-state index contributed by atoms with van der Waals surface area (Å²) in [5.74, 6) is -0.188. The van der Waals surface area contributed by atoms with Crippen LogP contribution >= 0.6 is 11.6 Å². The van der Waals surface area contributed by atoms with Crippen molar-refractivity contribution < 1.29 is 18.0 Å². The van der Waals surface area contributed by atoms with Crippen molar-refractivity contribution in [2.45, 2.75) is 25.2 Å². The van der Waals surface area contributed by atoms with Crippen molar-refractivity contribution >= 4 is 17.5 Å². The zero-order chi connectivity index (χ0) is 14.8. The predicted molar refractivity (Wildman–Crippen MR) is 69.2 cm³/mol.